The van der Waals surface area contributed by atoms with Gasteiger partial charge in [0, 0.05) is 11.8 Å². The second kappa shape index (κ2) is 8.72. The number of amides is 2. The van der Waals surface area contributed by atoms with E-state index in [0.29, 0.717) is 10.6 Å². The molecule has 0 radical (unpaired) electrons. The number of nitrogens with zero attached hydrogens (tertiary/aromatic N) is 1. The fourth-order valence-electron chi connectivity index (χ4n) is 2.39. The SMILES string of the molecule is Cc1ccc(NC(=O)C[NH+](C)CC(=O)Nc2ccccc2[N+](=O)[O-])cc1. The van der Waals surface area contributed by atoms with Gasteiger partial charge in [0.05, 0.1) is 12.0 Å². The Hall–Kier alpha value is -3.26. The molecule has 0 aliphatic rings. The molecular weight excluding hydrogens is 336 g/mol. The lowest BCUT2D eigenvalue weighted by atomic mass is 10.2. The molecule has 8 heteroatoms. The summed E-state index contributed by atoms with van der Waals surface area (Å²) in [6.45, 7) is 2.06. The molecular formula is C18H21N4O4+. The molecule has 0 aliphatic heterocycles. The molecule has 3 N–H and O–H groups in total. The summed E-state index contributed by atoms with van der Waals surface area (Å²) in [7, 11) is 1.70. The smallest absolute Gasteiger partial charge is 0.292 e. The third-order valence-electron chi connectivity index (χ3n) is 3.63. The van der Waals surface area contributed by atoms with E-state index >= 15 is 0 Å². The predicted molar refractivity (Wildman–Crippen MR) is 98.2 cm³/mol. The Morgan fingerprint density at radius 1 is 1.00 bits per heavy atom. The van der Waals surface area contributed by atoms with Gasteiger partial charge < -0.3 is 15.5 Å². The second-order valence-corrected chi connectivity index (χ2v) is 6.05. The summed E-state index contributed by atoms with van der Waals surface area (Å²) in [6, 6.07) is 13.3. The molecule has 0 bridgehead atoms. The highest BCUT2D eigenvalue weighted by molar-refractivity contribution is 5.94. The number of benzene rings is 2. The first-order valence-electron chi connectivity index (χ1n) is 8.06. The van der Waals surface area contributed by atoms with Gasteiger partial charge in [-0.15, -0.1) is 0 Å². The summed E-state index contributed by atoms with van der Waals surface area (Å²) in [5, 5.41) is 16.2. The monoisotopic (exact) mass is 357 g/mol. The van der Waals surface area contributed by atoms with E-state index in [2.05, 4.69) is 10.6 Å². The van der Waals surface area contributed by atoms with E-state index in [1.54, 1.807) is 13.1 Å². The molecule has 136 valence electrons. The van der Waals surface area contributed by atoms with Crippen molar-refractivity contribution in [3.8, 4) is 0 Å². The Morgan fingerprint density at radius 3 is 2.19 bits per heavy atom. The van der Waals surface area contributed by atoms with Gasteiger partial charge in [-0.05, 0) is 25.1 Å². The number of rotatable bonds is 7. The minimum Gasteiger partial charge on any atom is -0.322 e. The van der Waals surface area contributed by atoms with E-state index in [4.69, 9.17) is 0 Å². The maximum absolute atomic E-state index is 12.1. The van der Waals surface area contributed by atoms with Gasteiger partial charge in [0.1, 0.15) is 5.69 Å². The van der Waals surface area contributed by atoms with Crippen LogP contribution in [0, 0.1) is 17.0 Å². The Morgan fingerprint density at radius 2 is 1.58 bits per heavy atom. The molecule has 26 heavy (non-hydrogen) atoms. The molecule has 2 amide bonds. The largest absolute Gasteiger partial charge is 0.322 e. The van der Waals surface area contributed by atoms with Crippen molar-refractivity contribution >= 4 is 28.9 Å². The van der Waals surface area contributed by atoms with Crippen LogP contribution in [0.1, 0.15) is 5.56 Å². The van der Waals surface area contributed by atoms with Crippen LogP contribution in [-0.4, -0.2) is 36.9 Å². The lowest BCUT2D eigenvalue weighted by Crippen LogP contribution is -3.11. The van der Waals surface area contributed by atoms with Crippen molar-refractivity contribution in [1.29, 1.82) is 0 Å². The van der Waals surface area contributed by atoms with Crippen LogP contribution in [0.4, 0.5) is 17.1 Å². The minimum absolute atomic E-state index is 0.00731. The van der Waals surface area contributed by atoms with E-state index < -0.39 is 10.8 Å². The number of quaternary nitrogens is 1. The van der Waals surface area contributed by atoms with Gasteiger partial charge in [0.15, 0.2) is 13.1 Å². The van der Waals surface area contributed by atoms with Crippen LogP contribution in [0.2, 0.25) is 0 Å². The van der Waals surface area contributed by atoms with Gasteiger partial charge in [-0.25, -0.2) is 0 Å². The van der Waals surface area contributed by atoms with E-state index in [-0.39, 0.29) is 30.4 Å². The number of nitro benzene ring substituents is 1. The highest BCUT2D eigenvalue weighted by Gasteiger charge is 2.18. The number of carbonyl (C=O) groups excluding carboxylic acids is 2. The third kappa shape index (κ3) is 5.67. The van der Waals surface area contributed by atoms with E-state index in [1.807, 2.05) is 31.2 Å². The zero-order valence-electron chi connectivity index (χ0n) is 14.6. The van der Waals surface area contributed by atoms with Gasteiger partial charge in [0.2, 0.25) is 0 Å². The zero-order valence-corrected chi connectivity index (χ0v) is 14.6. The van der Waals surface area contributed by atoms with Gasteiger partial charge in [-0.3, -0.25) is 19.7 Å². The number of hydrogen-bond acceptors (Lipinski definition) is 4. The summed E-state index contributed by atoms with van der Waals surface area (Å²) in [5.41, 5.74) is 1.75. The Bertz CT molecular complexity index is 805. The molecule has 0 fully saturated rings. The number of nitro groups is 1. The zero-order chi connectivity index (χ0) is 19.1. The second-order valence-electron chi connectivity index (χ2n) is 6.05. The van der Waals surface area contributed by atoms with E-state index in [0.717, 1.165) is 5.56 Å². The highest BCUT2D eigenvalue weighted by atomic mass is 16.6. The Balaban J connectivity index is 1.86. The highest BCUT2D eigenvalue weighted by Crippen LogP contribution is 2.22. The van der Waals surface area contributed by atoms with Gasteiger partial charge >= 0.3 is 0 Å². The lowest BCUT2D eigenvalue weighted by molar-refractivity contribution is -0.862. The van der Waals surface area contributed by atoms with Gasteiger partial charge in [-0.2, -0.15) is 0 Å². The minimum atomic E-state index is -0.554. The predicted octanol–water partition coefficient (Wildman–Crippen LogP) is 0.995. The quantitative estimate of drug-likeness (QED) is 0.508. The maximum Gasteiger partial charge on any atom is 0.292 e. The standard InChI is InChI=1S/C18H20N4O4/c1-13-7-9-14(10-8-13)19-17(23)11-21(2)12-18(24)20-15-5-3-4-6-16(15)22(25)26/h3-10H,11-12H2,1-2H3,(H,19,23)(H,20,24)/p+1. The summed E-state index contributed by atoms with van der Waals surface area (Å²) in [5.74, 6) is -0.621. The molecule has 0 spiro atoms. The molecule has 8 nitrogen and oxygen atoms in total. The Kier molecular flexibility index (Phi) is 6.40. The van der Waals surface area contributed by atoms with Gasteiger partial charge in [0.25, 0.3) is 17.5 Å². The third-order valence-corrected chi connectivity index (χ3v) is 3.63. The van der Waals surface area contributed by atoms with Crippen LogP contribution >= 0.6 is 0 Å². The van der Waals surface area contributed by atoms with Crippen molar-refractivity contribution in [3.63, 3.8) is 0 Å². The molecule has 0 aromatic heterocycles. The van der Waals surface area contributed by atoms with Crippen molar-refractivity contribution in [2.45, 2.75) is 6.92 Å². The number of hydrogen-bond donors (Lipinski definition) is 3. The average Bonchev–Trinajstić information content (AvgIpc) is 2.56. The van der Waals surface area contributed by atoms with E-state index in [9.17, 15) is 19.7 Å². The van der Waals surface area contributed by atoms with Crippen LogP contribution in [-0.2, 0) is 9.59 Å². The van der Waals surface area contributed by atoms with Crippen molar-refractivity contribution in [3.05, 3.63) is 64.2 Å². The molecule has 0 saturated carbocycles. The van der Waals surface area contributed by atoms with Crippen molar-refractivity contribution < 1.29 is 19.4 Å². The number of nitrogens with one attached hydrogen (secondary N) is 3. The van der Waals surface area contributed by atoms with E-state index in [1.165, 1.54) is 18.2 Å². The summed E-state index contributed by atoms with van der Waals surface area (Å²) >= 11 is 0. The molecule has 1 unspecified atom stereocenters. The Labute approximate surface area is 151 Å². The van der Waals surface area contributed by atoms with Crippen LogP contribution in [0.5, 0.6) is 0 Å². The number of aryl methyl sites for hydroxylation is 1. The number of anilines is 2. The van der Waals surface area contributed by atoms with Crippen molar-refractivity contribution in [2.75, 3.05) is 30.8 Å². The molecule has 2 aromatic carbocycles. The van der Waals surface area contributed by atoms with Crippen LogP contribution in [0.25, 0.3) is 0 Å². The number of para-hydroxylation sites is 2. The van der Waals surface area contributed by atoms with Crippen LogP contribution in [0.3, 0.4) is 0 Å². The summed E-state index contributed by atoms with van der Waals surface area (Å²) in [4.78, 5) is 35.2. The van der Waals surface area contributed by atoms with Crippen molar-refractivity contribution in [1.82, 2.24) is 0 Å². The first kappa shape index (κ1) is 19.1. The normalized spacial score (nSPS) is 11.5. The van der Waals surface area contributed by atoms with Crippen LogP contribution < -0.4 is 15.5 Å². The average molecular weight is 357 g/mol. The molecule has 0 heterocycles. The molecule has 0 aliphatic carbocycles. The van der Waals surface area contributed by atoms with Crippen LogP contribution in [0.15, 0.2) is 48.5 Å². The summed E-state index contributed by atoms with van der Waals surface area (Å²) in [6.07, 6.45) is 0. The first-order valence-corrected chi connectivity index (χ1v) is 8.06. The lowest BCUT2D eigenvalue weighted by Gasteiger charge is -2.14. The summed E-state index contributed by atoms with van der Waals surface area (Å²) < 4.78 is 0. The number of carbonyl (C=O) groups is 2. The fraction of sp³-hybridized carbons (Fsp3) is 0.222. The maximum atomic E-state index is 12.1. The van der Waals surface area contributed by atoms with Crippen molar-refractivity contribution in [2.24, 2.45) is 0 Å². The fourth-order valence-corrected chi connectivity index (χ4v) is 2.39. The first-order chi connectivity index (χ1) is 12.3. The molecule has 2 rings (SSSR count). The molecule has 0 saturated heterocycles. The topological polar surface area (TPSA) is 106 Å². The molecule has 2 aromatic rings. The molecule has 1 atom stereocenters. The van der Waals surface area contributed by atoms with Gasteiger partial charge in [-0.1, -0.05) is 29.8 Å². The number of likely N-dealkylation sites (N-methyl/N-ethyl adjacent to an activating group) is 1.